The molecule has 0 radical (unpaired) electrons. The number of nitrogens with zero attached hydrogens (tertiary/aromatic N) is 3. The molecule has 3 heterocycles. The van der Waals surface area contributed by atoms with E-state index in [4.69, 9.17) is 8.94 Å². The van der Waals surface area contributed by atoms with Crippen molar-refractivity contribution in [1.29, 1.82) is 0 Å². The molecule has 1 unspecified atom stereocenters. The summed E-state index contributed by atoms with van der Waals surface area (Å²) in [5, 5.41) is 10.8. The van der Waals surface area contributed by atoms with Crippen LogP contribution in [0, 0.1) is 13.8 Å². The number of aliphatic imine (C=N–C) groups is 1. The monoisotopic (exact) mass is 487 g/mol. The lowest BCUT2D eigenvalue weighted by molar-refractivity contribution is 0.215. The van der Waals surface area contributed by atoms with E-state index in [9.17, 15) is 0 Å². The van der Waals surface area contributed by atoms with Crippen molar-refractivity contribution in [1.82, 2.24) is 20.7 Å². The molecule has 0 spiro atoms. The van der Waals surface area contributed by atoms with Gasteiger partial charge >= 0.3 is 0 Å². The quantitative estimate of drug-likeness (QED) is 0.355. The third-order valence-corrected chi connectivity index (χ3v) is 4.99. The minimum atomic E-state index is 0. The lowest BCUT2D eigenvalue weighted by Gasteiger charge is -2.26. The van der Waals surface area contributed by atoms with Gasteiger partial charge in [0.1, 0.15) is 11.5 Å². The van der Waals surface area contributed by atoms with Crippen molar-refractivity contribution in [2.45, 2.75) is 39.2 Å². The minimum absolute atomic E-state index is 0. The molecule has 150 valence electrons. The van der Waals surface area contributed by atoms with Crippen LogP contribution in [0.1, 0.15) is 41.7 Å². The molecule has 2 N–H and O–H groups in total. The van der Waals surface area contributed by atoms with Crippen molar-refractivity contribution >= 4 is 29.9 Å². The standard InChI is InChI=1S/C19H29N5O2.HI/c1-14-16(15(2)26-23-14)8-9-21-19(20-3)22-13-17(18-7-6-12-25-18)24-10-4-5-11-24;/h6-7,12,17H,4-5,8-11,13H2,1-3H3,(H2,20,21,22);1H. The molecule has 0 saturated carbocycles. The predicted molar refractivity (Wildman–Crippen MR) is 117 cm³/mol. The Bertz CT molecular complexity index is 688. The first-order valence-electron chi connectivity index (χ1n) is 9.32. The van der Waals surface area contributed by atoms with Gasteiger partial charge in [0, 0.05) is 25.7 Å². The van der Waals surface area contributed by atoms with Crippen LogP contribution in [0.25, 0.3) is 0 Å². The molecule has 8 heteroatoms. The Morgan fingerprint density at radius 1 is 1.30 bits per heavy atom. The van der Waals surface area contributed by atoms with Gasteiger partial charge < -0.3 is 19.6 Å². The van der Waals surface area contributed by atoms with Crippen LogP contribution in [0.15, 0.2) is 32.3 Å². The van der Waals surface area contributed by atoms with Crippen molar-refractivity contribution in [3.63, 3.8) is 0 Å². The first kappa shape index (κ1) is 21.7. The van der Waals surface area contributed by atoms with Gasteiger partial charge in [-0.3, -0.25) is 9.89 Å². The Kier molecular flexibility index (Phi) is 8.62. The smallest absolute Gasteiger partial charge is 0.191 e. The lowest BCUT2D eigenvalue weighted by atomic mass is 10.1. The Morgan fingerprint density at radius 2 is 2.07 bits per heavy atom. The van der Waals surface area contributed by atoms with E-state index in [-0.39, 0.29) is 30.0 Å². The van der Waals surface area contributed by atoms with Crippen LogP contribution in [-0.4, -0.2) is 49.2 Å². The van der Waals surface area contributed by atoms with E-state index in [1.54, 1.807) is 13.3 Å². The molecule has 2 aromatic rings. The van der Waals surface area contributed by atoms with Crippen LogP contribution in [-0.2, 0) is 6.42 Å². The third-order valence-electron chi connectivity index (χ3n) is 4.99. The van der Waals surface area contributed by atoms with Crippen molar-refractivity contribution in [2.24, 2.45) is 4.99 Å². The van der Waals surface area contributed by atoms with Gasteiger partial charge in [-0.1, -0.05) is 5.16 Å². The number of halogens is 1. The summed E-state index contributed by atoms with van der Waals surface area (Å²) in [6, 6.07) is 4.24. The second kappa shape index (κ2) is 10.7. The number of guanidine groups is 1. The molecule has 1 atom stereocenters. The number of aromatic nitrogens is 1. The molecule has 27 heavy (non-hydrogen) atoms. The molecule has 1 aliphatic rings. The highest BCUT2D eigenvalue weighted by Gasteiger charge is 2.25. The molecular weight excluding hydrogens is 457 g/mol. The Balaban J connectivity index is 0.00000261. The maximum Gasteiger partial charge on any atom is 0.191 e. The number of furan rings is 1. The third kappa shape index (κ3) is 5.71. The Hall–Kier alpha value is -1.55. The van der Waals surface area contributed by atoms with Gasteiger partial charge in [-0.2, -0.15) is 0 Å². The predicted octanol–water partition coefficient (Wildman–Crippen LogP) is 3.05. The Morgan fingerprint density at radius 3 is 2.67 bits per heavy atom. The second-order valence-corrected chi connectivity index (χ2v) is 6.71. The maximum absolute atomic E-state index is 5.67. The van der Waals surface area contributed by atoms with Gasteiger partial charge in [0.2, 0.25) is 0 Å². The minimum Gasteiger partial charge on any atom is -0.468 e. The second-order valence-electron chi connectivity index (χ2n) is 6.71. The van der Waals surface area contributed by atoms with Gasteiger partial charge in [0.15, 0.2) is 5.96 Å². The van der Waals surface area contributed by atoms with Crippen LogP contribution < -0.4 is 10.6 Å². The average Bonchev–Trinajstić information content (AvgIpc) is 3.39. The fourth-order valence-corrected chi connectivity index (χ4v) is 3.52. The summed E-state index contributed by atoms with van der Waals surface area (Å²) in [6.45, 7) is 7.70. The van der Waals surface area contributed by atoms with Crippen molar-refractivity contribution in [3.8, 4) is 0 Å². The number of hydrogen-bond donors (Lipinski definition) is 2. The van der Waals surface area contributed by atoms with Crippen LogP contribution in [0.5, 0.6) is 0 Å². The first-order chi connectivity index (χ1) is 12.7. The zero-order valence-electron chi connectivity index (χ0n) is 16.3. The highest BCUT2D eigenvalue weighted by molar-refractivity contribution is 14.0. The van der Waals surface area contributed by atoms with Crippen molar-refractivity contribution < 1.29 is 8.94 Å². The van der Waals surface area contributed by atoms with Crippen molar-refractivity contribution in [2.75, 3.05) is 33.2 Å². The number of rotatable bonds is 7. The molecule has 3 rings (SSSR count). The summed E-state index contributed by atoms with van der Waals surface area (Å²) in [5.41, 5.74) is 2.12. The van der Waals surface area contributed by atoms with Crippen molar-refractivity contribution in [3.05, 3.63) is 41.2 Å². The lowest BCUT2D eigenvalue weighted by Crippen LogP contribution is -2.43. The zero-order chi connectivity index (χ0) is 18.4. The fourth-order valence-electron chi connectivity index (χ4n) is 3.52. The molecule has 1 aliphatic heterocycles. The Labute approximate surface area is 178 Å². The van der Waals surface area contributed by atoms with Crippen LogP contribution in [0.3, 0.4) is 0 Å². The van der Waals surface area contributed by atoms with Crippen LogP contribution in [0.4, 0.5) is 0 Å². The van der Waals surface area contributed by atoms with E-state index in [2.05, 4.69) is 31.7 Å². The molecule has 1 saturated heterocycles. The van der Waals surface area contributed by atoms with Gasteiger partial charge in [-0.15, -0.1) is 24.0 Å². The van der Waals surface area contributed by atoms with E-state index < -0.39 is 0 Å². The zero-order valence-corrected chi connectivity index (χ0v) is 18.7. The van der Waals surface area contributed by atoms with E-state index in [1.807, 2.05) is 19.9 Å². The van der Waals surface area contributed by atoms with Crippen LogP contribution in [0.2, 0.25) is 0 Å². The fraction of sp³-hybridized carbons (Fsp3) is 0.579. The van der Waals surface area contributed by atoms with E-state index in [0.717, 1.165) is 55.8 Å². The summed E-state index contributed by atoms with van der Waals surface area (Å²) in [4.78, 5) is 6.81. The number of aryl methyl sites for hydroxylation is 2. The molecule has 0 amide bonds. The molecule has 0 aromatic carbocycles. The first-order valence-corrected chi connectivity index (χ1v) is 9.32. The van der Waals surface area contributed by atoms with Gasteiger partial charge in [0.25, 0.3) is 0 Å². The average molecular weight is 487 g/mol. The molecule has 0 aliphatic carbocycles. The number of nitrogens with one attached hydrogen (secondary N) is 2. The van der Waals surface area contributed by atoms with Gasteiger partial charge in [0.05, 0.1) is 18.0 Å². The largest absolute Gasteiger partial charge is 0.468 e. The van der Waals surface area contributed by atoms with E-state index >= 15 is 0 Å². The SMILES string of the molecule is CN=C(NCCc1c(C)noc1C)NCC(c1ccco1)N1CCCC1.I. The van der Waals surface area contributed by atoms with E-state index in [0.29, 0.717) is 0 Å². The summed E-state index contributed by atoms with van der Waals surface area (Å²) in [7, 11) is 1.79. The molecule has 7 nitrogen and oxygen atoms in total. The molecular formula is C19H30IN5O2. The molecule has 0 bridgehead atoms. The number of likely N-dealkylation sites (tertiary alicyclic amines) is 1. The summed E-state index contributed by atoms with van der Waals surface area (Å²) < 4.78 is 10.9. The van der Waals surface area contributed by atoms with Gasteiger partial charge in [-0.25, -0.2) is 0 Å². The summed E-state index contributed by atoms with van der Waals surface area (Å²) in [5.74, 6) is 2.69. The summed E-state index contributed by atoms with van der Waals surface area (Å²) >= 11 is 0. The topological polar surface area (TPSA) is 78.8 Å². The normalized spacial score (nSPS) is 16.2. The highest BCUT2D eigenvalue weighted by Crippen LogP contribution is 2.24. The highest BCUT2D eigenvalue weighted by atomic mass is 127. The molecule has 2 aromatic heterocycles. The van der Waals surface area contributed by atoms with Crippen LogP contribution >= 0.6 is 24.0 Å². The molecule has 1 fully saturated rings. The summed E-state index contributed by atoms with van der Waals surface area (Å²) in [6.07, 6.45) is 5.11. The van der Waals surface area contributed by atoms with Gasteiger partial charge in [-0.05, 0) is 58.3 Å². The maximum atomic E-state index is 5.67. The number of hydrogen-bond acceptors (Lipinski definition) is 5. The van der Waals surface area contributed by atoms with E-state index in [1.165, 1.54) is 18.4 Å².